The molecule has 2 aliphatic heterocycles. The van der Waals surface area contributed by atoms with Gasteiger partial charge in [-0.15, -0.1) is 0 Å². The van der Waals surface area contributed by atoms with Gasteiger partial charge in [-0.2, -0.15) is 0 Å². The van der Waals surface area contributed by atoms with Crippen molar-refractivity contribution in [2.75, 3.05) is 46.3 Å². The van der Waals surface area contributed by atoms with Crippen molar-refractivity contribution in [2.24, 2.45) is 5.92 Å². The maximum Gasteiger partial charge on any atom is 0.222 e. The molecule has 0 bridgehead atoms. The highest BCUT2D eigenvalue weighted by molar-refractivity contribution is 5.76. The number of carbonyl (C=O) groups excluding carboxylic acids is 1. The number of amides is 1. The summed E-state index contributed by atoms with van der Waals surface area (Å²) in [5, 5.41) is 0. The summed E-state index contributed by atoms with van der Waals surface area (Å²) in [7, 11) is 2.30. The van der Waals surface area contributed by atoms with Gasteiger partial charge in [0.05, 0.1) is 13.1 Å². The molecule has 4 nitrogen and oxygen atoms in total. The first-order valence-electron chi connectivity index (χ1n) is 8.00. The van der Waals surface area contributed by atoms with Crippen LogP contribution in [0.1, 0.15) is 33.1 Å². The Hall–Kier alpha value is -0.610. The summed E-state index contributed by atoms with van der Waals surface area (Å²) in [5.74, 6) is 0.850. The normalized spacial score (nSPS) is 29.8. The summed E-state index contributed by atoms with van der Waals surface area (Å²) in [6, 6.07) is 0.802. The Bertz CT molecular complexity index is 290. The lowest BCUT2D eigenvalue weighted by Crippen LogP contribution is -3.28. The molecule has 0 unspecified atom stereocenters. The smallest absolute Gasteiger partial charge is 0.222 e. The van der Waals surface area contributed by atoms with Crippen LogP contribution in [0.4, 0.5) is 0 Å². The number of likely N-dealkylation sites (tertiary alicyclic amines) is 1. The number of quaternary nitrogens is 2. The fourth-order valence-electron chi connectivity index (χ4n) is 3.42. The zero-order valence-corrected chi connectivity index (χ0v) is 12.9. The molecule has 0 aromatic heterocycles. The van der Waals surface area contributed by atoms with Crippen molar-refractivity contribution >= 4 is 5.91 Å². The lowest BCUT2D eigenvalue weighted by Gasteiger charge is -2.38. The van der Waals surface area contributed by atoms with Crippen LogP contribution in [0.2, 0.25) is 0 Å². The predicted molar refractivity (Wildman–Crippen MR) is 76.4 cm³/mol. The fourth-order valence-corrected chi connectivity index (χ4v) is 3.42. The van der Waals surface area contributed by atoms with Crippen LogP contribution in [-0.4, -0.2) is 63.2 Å². The fraction of sp³-hybridized carbons (Fsp3) is 0.933. The molecule has 0 aromatic rings. The van der Waals surface area contributed by atoms with E-state index >= 15 is 0 Å². The maximum atomic E-state index is 12.1. The van der Waals surface area contributed by atoms with Gasteiger partial charge >= 0.3 is 0 Å². The van der Waals surface area contributed by atoms with Gasteiger partial charge in [-0.05, 0) is 5.92 Å². The highest BCUT2D eigenvalue weighted by Crippen LogP contribution is 2.12. The third kappa shape index (κ3) is 4.18. The lowest BCUT2D eigenvalue weighted by atomic mass is 10.0. The minimum Gasteiger partial charge on any atom is -0.342 e. The second-order valence-corrected chi connectivity index (χ2v) is 6.87. The largest absolute Gasteiger partial charge is 0.342 e. The molecule has 0 radical (unpaired) electrons. The van der Waals surface area contributed by atoms with Gasteiger partial charge in [0, 0.05) is 32.4 Å². The van der Waals surface area contributed by atoms with E-state index in [9.17, 15) is 4.79 Å². The van der Waals surface area contributed by atoms with E-state index in [4.69, 9.17) is 0 Å². The van der Waals surface area contributed by atoms with Gasteiger partial charge in [0.15, 0.2) is 0 Å². The van der Waals surface area contributed by atoms with Crippen molar-refractivity contribution in [3.8, 4) is 0 Å². The quantitative estimate of drug-likeness (QED) is 0.637. The van der Waals surface area contributed by atoms with Crippen LogP contribution in [0, 0.1) is 5.92 Å². The van der Waals surface area contributed by atoms with Crippen molar-refractivity contribution in [3.63, 3.8) is 0 Å². The molecule has 2 saturated heterocycles. The molecule has 2 heterocycles. The van der Waals surface area contributed by atoms with Gasteiger partial charge < -0.3 is 14.7 Å². The summed E-state index contributed by atoms with van der Waals surface area (Å²) in [5.41, 5.74) is 0. The van der Waals surface area contributed by atoms with E-state index in [0.29, 0.717) is 11.8 Å². The van der Waals surface area contributed by atoms with Gasteiger partial charge in [-0.25, -0.2) is 0 Å². The highest BCUT2D eigenvalue weighted by atomic mass is 16.2. The molecule has 0 atom stereocenters. The second kappa shape index (κ2) is 6.71. The first kappa shape index (κ1) is 14.8. The van der Waals surface area contributed by atoms with Crippen molar-refractivity contribution in [1.29, 1.82) is 0 Å². The van der Waals surface area contributed by atoms with Gasteiger partial charge in [-0.1, -0.05) is 13.8 Å². The molecule has 2 aliphatic rings. The molecule has 2 rings (SSSR count). The third-order valence-corrected chi connectivity index (χ3v) is 4.75. The Morgan fingerprint density at radius 3 is 2.26 bits per heavy atom. The van der Waals surface area contributed by atoms with E-state index in [-0.39, 0.29) is 0 Å². The standard InChI is InChI=1S/C15H29N3O/c1-13(2)12-15(19)18-6-4-14(5-7-18)17-10-8-16(3)9-11-17/h13-14H,4-12H2,1-3H3/p+2. The number of hydrogen-bond acceptors (Lipinski definition) is 1. The van der Waals surface area contributed by atoms with Crippen LogP contribution < -0.4 is 9.80 Å². The molecule has 0 spiro atoms. The number of nitrogens with one attached hydrogen (secondary N) is 2. The monoisotopic (exact) mass is 269 g/mol. The Kier molecular flexibility index (Phi) is 5.22. The SMILES string of the molecule is CC(C)CC(=O)N1CCC([NH+]2CC[NH+](C)CC2)CC1. The minimum absolute atomic E-state index is 0.367. The molecule has 0 saturated carbocycles. The number of hydrogen-bond donors (Lipinski definition) is 2. The number of rotatable bonds is 3. The summed E-state index contributed by atoms with van der Waals surface area (Å²) in [4.78, 5) is 17.6. The summed E-state index contributed by atoms with van der Waals surface area (Å²) >= 11 is 0. The Morgan fingerprint density at radius 1 is 1.16 bits per heavy atom. The molecular formula is C15H31N3O+2. The number of carbonyl (C=O) groups is 1. The van der Waals surface area contributed by atoms with Crippen LogP contribution in [0.15, 0.2) is 0 Å². The van der Waals surface area contributed by atoms with E-state index in [1.165, 1.54) is 39.0 Å². The van der Waals surface area contributed by atoms with Gasteiger partial charge in [0.2, 0.25) is 5.91 Å². The minimum atomic E-state index is 0.367. The van der Waals surface area contributed by atoms with Crippen molar-refractivity contribution in [2.45, 2.75) is 39.2 Å². The Morgan fingerprint density at radius 2 is 1.74 bits per heavy atom. The van der Waals surface area contributed by atoms with Gasteiger partial charge in [0.1, 0.15) is 26.2 Å². The van der Waals surface area contributed by atoms with E-state index in [0.717, 1.165) is 25.6 Å². The molecular weight excluding hydrogens is 238 g/mol. The average Bonchev–Trinajstić information content (AvgIpc) is 2.39. The van der Waals surface area contributed by atoms with Crippen molar-refractivity contribution in [3.05, 3.63) is 0 Å². The molecule has 2 fully saturated rings. The molecule has 1 amide bonds. The topological polar surface area (TPSA) is 29.2 Å². The van der Waals surface area contributed by atoms with Gasteiger partial charge in [0.25, 0.3) is 0 Å². The molecule has 110 valence electrons. The molecule has 0 aromatic carbocycles. The molecule has 19 heavy (non-hydrogen) atoms. The molecule has 2 N–H and O–H groups in total. The first-order valence-corrected chi connectivity index (χ1v) is 8.00. The number of piperazine rings is 1. The van der Waals surface area contributed by atoms with Crippen molar-refractivity contribution < 1.29 is 14.6 Å². The van der Waals surface area contributed by atoms with E-state index in [2.05, 4.69) is 25.8 Å². The number of nitrogens with zero attached hydrogens (tertiary/aromatic N) is 1. The van der Waals surface area contributed by atoms with Gasteiger partial charge in [-0.3, -0.25) is 4.79 Å². The van der Waals surface area contributed by atoms with Crippen LogP contribution in [0.3, 0.4) is 0 Å². The van der Waals surface area contributed by atoms with E-state index in [1.807, 2.05) is 0 Å². The van der Waals surface area contributed by atoms with Crippen LogP contribution >= 0.6 is 0 Å². The molecule has 0 aliphatic carbocycles. The summed E-state index contributed by atoms with van der Waals surface area (Å²) < 4.78 is 0. The van der Waals surface area contributed by atoms with Crippen LogP contribution in [0.25, 0.3) is 0 Å². The zero-order chi connectivity index (χ0) is 13.8. The summed E-state index contributed by atoms with van der Waals surface area (Å²) in [6.45, 7) is 11.5. The first-order chi connectivity index (χ1) is 9.06. The van der Waals surface area contributed by atoms with Crippen LogP contribution in [-0.2, 0) is 4.79 Å². The lowest BCUT2D eigenvalue weighted by molar-refractivity contribution is -1.02. The Labute approximate surface area is 117 Å². The maximum absolute atomic E-state index is 12.1. The second-order valence-electron chi connectivity index (χ2n) is 6.87. The number of piperidine rings is 1. The van der Waals surface area contributed by atoms with E-state index in [1.54, 1.807) is 9.80 Å². The van der Waals surface area contributed by atoms with Crippen LogP contribution in [0.5, 0.6) is 0 Å². The predicted octanol–water partition coefficient (Wildman–Crippen LogP) is -1.56. The highest BCUT2D eigenvalue weighted by Gasteiger charge is 2.32. The zero-order valence-electron chi connectivity index (χ0n) is 12.9. The summed E-state index contributed by atoms with van der Waals surface area (Å²) in [6.07, 6.45) is 3.13. The number of likely N-dealkylation sites (N-methyl/N-ethyl adjacent to an activating group) is 1. The average molecular weight is 269 g/mol. The van der Waals surface area contributed by atoms with E-state index < -0.39 is 0 Å². The Balaban J connectivity index is 1.74. The van der Waals surface area contributed by atoms with Crippen molar-refractivity contribution in [1.82, 2.24) is 4.90 Å². The molecule has 4 heteroatoms. The third-order valence-electron chi connectivity index (χ3n) is 4.75.